The highest BCUT2D eigenvalue weighted by Gasteiger charge is 2.47. The summed E-state index contributed by atoms with van der Waals surface area (Å²) in [6.45, 7) is 3.98. The molecule has 2 unspecified atom stereocenters. The molecule has 1 aliphatic rings. The van der Waals surface area contributed by atoms with Crippen molar-refractivity contribution in [1.29, 1.82) is 0 Å². The molecule has 0 saturated heterocycles. The second kappa shape index (κ2) is 4.00. The monoisotopic (exact) mass is 236 g/mol. The minimum absolute atomic E-state index is 0.167. The number of rotatable bonds is 3. The predicted molar refractivity (Wildman–Crippen MR) is 63.0 cm³/mol. The minimum Gasteiger partial charge on any atom is -0.478 e. The molecule has 1 fully saturated rings. The van der Waals surface area contributed by atoms with Gasteiger partial charge < -0.3 is 15.5 Å². The number of aliphatic hydroxyl groups is 1. The van der Waals surface area contributed by atoms with Crippen LogP contribution in [-0.4, -0.2) is 33.3 Å². The maximum Gasteiger partial charge on any atom is 0.337 e. The summed E-state index contributed by atoms with van der Waals surface area (Å²) in [5.41, 5.74) is -0.00360. The van der Waals surface area contributed by atoms with Gasteiger partial charge in [-0.15, -0.1) is 0 Å². The molecule has 5 nitrogen and oxygen atoms in total. The molecule has 17 heavy (non-hydrogen) atoms. The van der Waals surface area contributed by atoms with E-state index in [1.807, 2.05) is 13.8 Å². The van der Waals surface area contributed by atoms with Gasteiger partial charge in [-0.1, -0.05) is 13.8 Å². The molecule has 1 saturated carbocycles. The van der Waals surface area contributed by atoms with Crippen molar-refractivity contribution >= 4 is 11.8 Å². The van der Waals surface area contributed by atoms with Crippen LogP contribution in [0.15, 0.2) is 18.3 Å². The van der Waals surface area contributed by atoms with Gasteiger partial charge in [-0.2, -0.15) is 0 Å². The summed E-state index contributed by atoms with van der Waals surface area (Å²) in [6.07, 6.45) is 1.72. The quantitative estimate of drug-likeness (QED) is 0.738. The van der Waals surface area contributed by atoms with E-state index in [1.165, 1.54) is 12.3 Å². The van der Waals surface area contributed by atoms with Crippen molar-refractivity contribution in [3.8, 4) is 0 Å². The molecule has 0 radical (unpaired) electrons. The number of hydrogen-bond acceptors (Lipinski definition) is 4. The van der Waals surface area contributed by atoms with E-state index in [0.717, 1.165) is 0 Å². The number of aromatic carboxylic acids is 1. The number of hydrogen-bond donors (Lipinski definition) is 3. The minimum atomic E-state index is -0.983. The Morgan fingerprint density at radius 2 is 2.24 bits per heavy atom. The molecule has 3 N–H and O–H groups in total. The highest BCUT2D eigenvalue weighted by molar-refractivity contribution is 5.87. The Balaban J connectivity index is 2.03. The van der Waals surface area contributed by atoms with Crippen LogP contribution in [0.5, 0.6) is 0 Å². The van der Waals surface area contributed by atoms with Crippen LogP contribution in [0.4, 0.5) is 5.82 Å². The number of aromatic nitrogens is 1. The molecule has 1 aliphatic carbocycles. The lowest BCUT2D eigenvalue weighted by atomic mass is 9.64. The van der Waals surface area contributed by atoms with Gasteiger partial charge >= 0.3 is 5.97 Å². The summed E-state index contributed by atoms with van der Waals surface area (Å²) in [5, 5.41) is 21.5. The van der Waals surface area contributed by atoms with Gasteiger partial charge in [-0.05, 0) is 18.6 Å². The summed E-state index contributed by atoms with van der Waals surface area (Å²) in [5.74, 6) is -0.344. The normalized spacial score (nSPS) is 26.1. The fraction of sp³-hybridized carbons (Fsp3) is 0.500. The van der Waals surface area contributed by atoms with Crippen LogP contribution in [0.25, 0.3) is 0 Å². The average molecular weight is 236 g/mol. The molecular weight excluding hydrogens is 220 g/mol. The largest absolute Gasteiger partial charge is 0.478 e. The third kappa shape index (κ3) is 2.10. The Bertz CT molecular complexity index is 428. The maximum atomic E-state index is 10.7. The maximum absolute atomic E-state index is 10.7. The van der Waals surface area contributed by atoms with Crippen LogP contribution in [-0.2, 0) is 0 Å². The van der Waals surface area contributed by atoms with Gasteiger partial charge in [0.05, 0.1) is 11.7 Å². The van der Waals surface area contributed by atoms with E-state index >= 15 is 0 Å². The zero-order chi connectivity index (χ0) is 12.6. The second-order valence-electron chi connectivity index (χ2n) is 5.01. The van der Waals surface area contributed by atoms with E-state index in [4.69, 9.17) is 5.11 Å². The van der Waals surface area contributed by atoms with Gasteiger partial charge in [0.1, 0.15) is 5.82 Å². The van der Waals surface area contributed by atoms with Crippen LogP contribution < -0.4 is 5.32 Å². The van der Waals surface area contributed by atoms with Gasteiger partial charge in [-0.3, -0.25) is 0 Å². The first kappa shape index (κ1) is 11.9. The summed E-state index contributed by atoms with van der Waals surface area (Å²) in [4.78, 5) is 14.7. The summed E-state index contributed by atoms with van der Waals surface area (Å²) < 4.78 is 0. The molecular formula is C12H16N2O3. The lowest BCUT2D eigenvalue weighted by molar-refractivity contribution is -0.0511. The smallest absolute Gasteiger partial charge is 0.337 e. The molecule has 0 amide bonds. The number of nitrogens with one attached hydrogen (secondary N) is 1. The summed E-state index contributed by atoms with van der Waals surface area (Å²) in [7, 11) is 0. The number of carbonyl (C=O) groups is 1. The molecule has 0 aliphatic heterocycles. The average Bonchev–Trinajstić information content (AvgIpc) is 2.29. The van der Waals surface area contributed by atoms with Crippen LogP contribution in [0.3, 0.4) is 0 Å². The molecule has 92 valence electrons. The lowest BCUT2D eigenvalue weighted by Gasteiger charge is -2.49. The lowest BCUT2D eigenvalue weighted by Crippen LogP contribution is -2.57. The Morgan fingerprint density at radius 3 is 2.65 bits per heavy atom. The first-order chi connectivity index (χ1) is 7.91. The summed E-state index contributed by atoms with van der Waals surface area (Å²) >= 11 is 0. The van der Waals surface area contributed by atoms with E-state index in [1.54, 1.807) is 6.07 Å². The van der Waals surface area contributed by atoms with Crippen molar-refractivity contribution in [2.45, 2.75) is 32.4 Å². The fourth-order valence-electron chi connectivity index (χ4n) is 1.93. The number of carboxylic acids is 1. The zero-order valence-corrected chi connectivity index (χ0v) is 9.84. The van der Waals surface area contributed by atoms with Gasteiger partial charge in [-0.25, -0.2) is 9.78 Å². The van der Waals surface area contributed by atoms with Crippen LogP contribution in [0, 0.1) is 5.41 Å². The molecule has 0 bridgehead atoms. The third-order valence-corrected chi connectivity index (χ3v) is 3.55. The van der Waals surface area contributed by atoms with E-state index < -0.39 is 5.97 Å². The topological polar surface area (TPSA) is 82.5 Å². The molecule has 0 spiro atoms. The highest BCUT2D eigenvalue weighted by Crippen LogP contribution is 2.41. The Morgan fingerprint density at radius 1 is 1.53 bits per heavy atom. The first-order valence-electron chi connectivity index (χ1n) is 5.55. The number of aliphatic hydroxyl groups excluding tert-OH is 1. The molecule has 2 rings (SSSR count). The number of anilines is 1. The van der Waals surface area contributed by atoms with Crippen molar-refractivity contribution in [2.24, 2.45) is 5.41 Å². The standard InChI is InChI=1S/C12H16N2O3/c1-12(2)8(5-9(12)15)14-10-4-3-7(6-13-10)11(16)17/h3-4,6,8-9,15H,5H2,1-2H3,(H,13,14)(H,16,17). The molecule has 1 heterocycles. The molecule has 1 aromatic heterocycles. The van der Waals surface area contributed by atoms with Crippen LogP contribution in [0.2, 0.25) is 0 Å². The first-order valence-corrected chi connectivity index (χ1v) is 5.55. The number of nitrogens with zero attached hydrogens (tertiary/aromatic N) is 1. The van der Waals surface area contributed by atoms with Crippen molar-refractivity contribution in [1.82, 2.24) is 4.98 Å². The third-order valence-electron chi connectivity index (χ3n) is 3.55. The Kier molecular flexibility index (Phi) is 2.79. The van der Waals surface area contributed by atoms with Crippen molar-refractivity contribution in [3.63, 3.8) is 0 Å². The molecule has 1 aromatic rings. The van der Waals surface area contributed by atoms with Gasteiger partial charge in [0.2, 0.25) is 0 Å². The second-order valence-corrected chi connectivity index (χ2v) is 5.01. The highest BCUT2D eigenvalue weighted by atomic mass is 16.4. The SMILES string of the molecule is CC1(C)C(O)CC1Nc1ccc(C(=O)O)cn1. The molecule has 5 heteroatoms. The van der Waals surface area contributed by atoms with E-state index in [9.17, 15) is 9.90 Å². The van der Waals surface area contributed by atoms with Crippen molar-refractivity contribution in [2.75, 3.05) is 5.32 Å². The predicted octanol–water partition coefficient (Wildman–Crippen LogP) is 1.35. The van der Waals surface area contributed by atoms with E-state index in [2.05, 4.69) is 10.3 Å². The van der Waals surface area contributed by atoms with E-state index in [0.29, 0.717) is 12.2 Å². The van der Waals surface area contributed by atoms with Crippen LogP contribution in [0.1, 0.15) is 30.6 Å². The Hall–Kier alpha value is -1.62. The summed E-state index contributed by atoms with van der Waals surface area (Å²) in [6, 6.07) is 3.32. The van der Waals surface area contributed by atoms with Crippen molar-refractivity contribution in [3.05, 3.63) is 23.9 Å². The fourth-order valence-corrected chi connectivity index (χ4v) is 1.93. The van der Waals surface area contributed by atoms with Crippen molar-refractivity contribution < 1.29 is 15.0 Å². The van der Waals surface area contributed by atoms with Gasteiger partial charge in [0.25, 0.3) is 0 Å². The van der Waals surface area contributed by atoms with Crippen LogP contribution >= 0.6 is 0 Å². The molecule has 0 aromatic carbocycles. The van der Waals surface area contributed by atoms with Gasteiger partial charge in [0.15, 0.2) is 0 Å². The molecule has 2 atom stereocenters. The Labute approximate surface area is 99.5 Å². The zero-order valence-electron chi connectivity index (χ0n) is 9.84. The van der Waals surface area contributed by atoms with Gasteiger partial charge in [0, 0.05) is 17.7 Å². The number of carboxylic acid groups (broad SMARTS) is 1. The number of pyridine rings is 1. The van der Waals surface area contributed by atoms with E-state index in [-0.39, 0.29) is 23.1 Å².